The first-order valence-corrected chi connectivity index (χ1v) is 5.78. The summed E-state index contributed by atoms with van der Waals surface area (Å²) < 4.78 is 0. The third kappa shape index (κ3) is 2.46. The quantitative estimate of drug-likeness (QED) is 0.595. The van der Waals surface area contributed by atoms with E-state index in [0.29, 0.717) is 0 Å². The van der Waals surface area contributed by atoms with Crippen LogP contribution in [-0.4, -0.2) is 20.7 Å². The lowest BCUT2D eigenvalue weighted by Crippen LogP contribution is -1.91. The summed E-state index contributed by atoms with van der Waals surface area (Å²) in [6.07, 6.45) is 7.95. The molecule has 79 valence electrons. The fraction of sp³-hybridized carbons (Fsp3) is 0.0833. The molecule has 0 bridgehead atoms. The molecule has 0 aromatic carbocycles. The minimum Gasteiger partial charge on any atom is -0.255 e. The number of aromatic nitrogens is 3. The normalized spacial score (nSPS) is 10.0. The highest BCUT2D eigenvalue weighted by molar-refractivity contribution is 7.99. The van der Waals surface area contributed by atoms with Crippen molar-refractivity contribution in [3.63, 3.8) is 0 Å². The van der Waals surface area contributed by atoms with E-state index >= 15 is 0 Å². The Bertz CT molecular complexity index is 471. The van der Waals surface area contributed by atoms with Crippen molar-refractivity contribution in [3.05, 3.63) is 49.6 Å². The van der Waals surface area contributed by atoms with Gasteiger partial charge in [-0.2, -0.15) is 0 Å². The second kappa shape index (κ2) is 5.42. The van der Waals surface area contributed by atoms with Crippen LogP contribution in [0.4, 0.5) is 0 Å². The maximum absolute atomic E-state index is 4.27. The summed E-state index contributed by atoms with van der Waals surface area (Å²) in [6, 6.07) is 5.74. The molecule has 0 aliphatic rings. The summed E-state index contributed by atoms with van der Waals surface area (Å²) in [5.74, 6) is 0.827. The van der Waals surface area contributed by atoms with Crippen LogP contribution in [0.1, 0.15) is 0 Å². The molecule has 0 saturated carbocycles. The van der Waals surface area contributed by atoms with Crippen LogP contribution in [0.25, 0.3) is 11.4 Å². The van der Waals surface area contributed by atoms with E-state index in [1.165, 1.54) is 0 Å². The first kappa shape index (κ1) is 10.8. The summed E-state index contributed by atoms with van der Waals surface area (Å²) in [6.45, 7) is 3.69. The summed E-state index contributed by atoms with van der Waals surface area (Å²) in [5.41, 5.74) is 1.66. The molecule has 0 aliphatic heterocycles. The minimum atomic E-state index is 0.822. The second-order valence-corrected chi connectivity index (χ2v) is 4.06. The zero-order chi connectivity index (χ0) is 11.2. The Kier molecular flexibility index (Phi) is 3.66. The SMILES string of the molecule is C=CCSc1cn[c]nc1-c1ccccn1. The molecular formula is C12H10N3S. The van der Waals surface area contributed by atoms with Gasteiger partial charge in [-0.1, -0.05) is 12.1 Å². The fourth-order valence-electron chi connectivity index (χ4n) is 1.22. The lowest BCUT2D eigenvalue weighted by atomic mass is 10.2. The van der Waals surface area contributed by atoms with Gasteiger partial charge in [0.15, 0.2) is 6.33 Å². The van der Waals surface area contributed by atoms with E-state index in [1.54, 1.807) is 24.2 Å². The van der Waals surface area contributed by atoms with Crippen LogP contribution in [-0.2, 0) is 0 Å². The molecule has 2 heterocycles. The van der Waals surface area contributed by atoms with Crippen LogP contribution in [0.5, 0.6) is 0 Å². The van der Waals surface area contributed by atoms with Crippen molar-refractivity contribution in [1.29, 1.82) is 0 Å². The van der Waals surface area contributed by atoms with Crippen molar-refractivity contribution < 1.29 is 0 Å². The first-order valence-electron chi connectivity index (χ1n) is 4.80. The third-order valence-corrected chi connectivity index (χ3v) is 2.91. The van der Waals surface area contributed by atoms with E-state index in [0.717, 1.165) is 22.0 Å². The zero-order valence-corrected chi connectivity index (χ0v) is 9.44. The molecule has 16 heavy (non-hydrogen) atoms. The molecule has 2 rings (SSSR count). The fourth-order valence-corrected chi connectivity index (χ4v) is 1.93. The molecule has 2 aromatic heterocycles. The summed E-state index contributed by atoms with van der Waals surface area (Å²) in [4.78, 5) is 13.3. The molecule has 0 spiro atoms. The summed E-state index contributed by atoms with van der Waals surface area (Å²) >= 11 is 1.64. The lowest BCUT2D eigenvalue weighted by molar-refractivity contribution is 1.08. The molecular weight excluding hydrogens is 218 g/mol. The standard InChI is InChI=1S/C12H10N3S/c1-2-7-16-11-8-13-9-15-12(11)10-5-3-4-6-14-10/h2-6,8H,1,7H2. The van der Waals surface area contributed by atoms with E-state index in [-0.39, 0.29) is 0 Å². The first-order chi connectivity index (χ1) is 7.92. The van der Waals surface area contributed by atoms with E-state index in [4.69, 9.17) is 0 Å². The van der Waals surface area contributed by atoms with Crippen LogP contribution in [0.2, 0.25) is 0 Å². The highest BCUT2D eigenvalue weighted by Gasteiger charge is 2.07. The molecule has 3 nitrogen and oxygen atoms in total. The molecule has 0 aliphatic carbocycles. The van der Waals surface area contributed by atoms with E-state index in [9.17, 15) is 0 Å². The predicted molar refractivity (Wildman–Crippen MR) is 65.0 cm³/mol. The van der Waals surface area contributed by atoms with Crippen LogP contribution < -0.4 is 0 Å². The van der Waals surface area contributed by atoms with E-state index in [1.807, 2.05) is 24.3 Å². The van der Waals surface area contributed by atoms with Gasteiger partial charge in [0, 0.05) is 18.1 Å². The average molecular weight is 228 g/mol. The molecule has 1 radical (unpaired) electrons. The van der Waals surface area contributed by atoms with Crippen LogP contribution in [0.3, 0.4) is 0 Å². The van der Waals surface area contributed by atoms with Gasteiger partial charge in [0.1, 0.15) is 5.69 Å². The maximum Gasteiger partial charge on any atom is 0.198 e. The van der Waals surface area contributed by atoms with E-state index < -0.39 is 0 Å². The highest BCUT2D eigenvalue weighted by atomic mass is 32.2. The van der Waals surface area contributed by atoms with Crippen molar-refractivity contribution in [2.24, 2.45) is 0 Å². The lowest BCUT2D eigenvalue weighted by Gasteiger charge is -2.04. The molecule has 0 fully saturated rings. The number of thioether (sulfide) groups is 1. The summed E-state index contributed by atoms with van der Waals surface area (Å²) in [7, 11) is 0. The van der Waals surface area contributed by atoms with Gasteiger partial charge in [-0.15, -0.1) is 18.3 Å². The Morgan fingerprint density at radius 1 is 1.44 bits per heavy atom. The van der Waals surface area contributed by atoms with Crippen molar-refractivity contribution in [3.8, 4) is 11.4 Å². The Hall–Kier alpha value is -1.68. The van der Waals surface area contributed by atoms with Gasteiger partial charge in [-0.3, -0.25) is 4.98 Å². The second-order valence-electron chi connectivity index (χ2n) is 3.00. The highest BCUT2D eigenvalue weighted by Crippen LogP contribution is 2.26. The van der Waals surface area contributed by atoms with Crippen LogP contribution >= 0.6 is 11.8 Å². The predicted octanol–water partition coefficient (Wildman–Crippen LogP) is 2.62. The number of rotatable bonds is 4. The van der Waals surface area contributed by atoms with Crippen molar-refractivity contribution in [2.45, 2.75) is 4.90 Å². The molecule has 0 unspecified atom stereocenters. The number of hydrogen-bond acceptors (Lipinski definition) is 4. The van der Waals surface area contributed by atoms with Crippen LogP contribution in [0, 0.1) is 6.33 Å². The van der Waals surface area contributed by atoms with Gasteiger partial charge in [0.2, 0.25) is 0 Å². The van der Waals surface area contributed by atoms with Gasteiger partial charge >= 0.3 is 0 Å². The number of pyridine rings is 1. The summed E-state index contributed by atoms with van der Waals surface area (Å²) in [5, 5.41) is 0. The minimum absolute atomic E-state index is 0.822. The molecule has 0 amide bonds. The zero-order valence-electron chi connectivity index (χ0n) is 8.63. The molecule has 0 saturated heterocycles. The Morgan fingerprint density at radius 2 is 2.38 bits per heavy atom. The van der Waals surface area contributed by atoms with Gasteiger partial charge in [0.05, 0.1) is 10.6 Å². The Morgan fingerprint density at radius 3 is 3.12 bits per heavy atom. The van der Waals surface area contributed by atoms with E-state index in [2.05, 4.69) is 27.9 Å². The maximum atomic E-state index is 4.27. The molecule has 2 aromatic rings. The number of nitrogens with zero attached hydrogens (tertiary/aromatic N) is 3. The Balaban J connectivity index is 2.36. The van der Waals surface area contributed by atoms with Crippen LogP contribution in [0.15, 0.2) is 48.1 Å². The Labute approximate surface area is 98.7 Å². The monoisotopic (exact) mass is 228 g/mol. The topological polar surface area (TPSA) is 38.7 Å². The largest absolute Gasteiger partial charge is 0.255 e. The van der Waals surface area contributed by atoms with Gasteiger partial charge in [-0.25, -0.2) is 9.97 Å². The van der Waals surface area contributed by atoms with Gasteiger partial charge in [0.25, 0.3) is 0 Å². The van der Waals surface area contributed by atoms with Crippen molar-refractivity contribution >= 4 is 11.8 Å². The third-order valence-electron chi connectivity index (χ3n) is 1.90. The van der Waals surface area contributed by atoms with Gasteiger partial charge in [-0.05, 0) is 12.1 Å². The van der Waals surface area contributed by atoms with Crippen molar-refractivity contribution in [1.82, 2.24) is 15.0 Å². The average Bonchev–Trinajstić information content (AvgIpc) is 2.38. The molecule has 4 heteroatoms. The smallest absolute Gasteiger partial charge is 0.198 e. The van der Waals surface area contributed by atoms with Gasteiger partial charge < -0.3 is 0 Å². The number of hydrogen-bond donors (Lipinski definition) is 0. The van der Waals surface area contributed by atoms with Crippen molar-refractivity contribution in [2.75, 3.05) is 5.75 Å². The molecule has 0 N–H and O–H groups in total. The molecule has 0 atom stereocenters.